The molecule has 0 aliphatic heterocycles. The van der Waals surface area contributed by atoms with Gasteiger partial charge in [-0.1, -0.05) is 0 Å². The van der Waals surface area contributed by atoms with E-state index in [0.29, 0.717) is 31.7 Å². The van der Waals surface area contributed by atoms with Crippen LogP contribution in [0.3, 0.4) is 0 Å². The molecule has 4 nitrogen and oxygen atoms in total. The number of anilines is 1. The summed E-state index contributed by atoms with van der Waals surface area (Å²) in [7, 11) is 0. The van der Waals surface area contributed by atoms with Crippen molar-refractivity contribution in [1.82, 2.24) is 5.32 Å². The van der Waals surface area contributed by atoms with E-state index in [4.69, 9.17) is 10.5 Å². The zero-order valence-electron chi connectivity index (χ0n) is 12.2. The molecule has 0 heterocycles. The highest BCUT2D eigenvalue weighted by molar-refractivity contribution is 9.10. The fourth-order valence-corrected chi connectivity index (χ4v) is 2.44. The fourth-order valence-electron chi connectivity index (χ4n) is 1.96. The molecule has 1 unspecified atom stereocenters. The summed E-state index contributed by atoms with van der Waals surface area (Å²) < 4.78 is 44.2. The summed E-state index contributed by atoms with van der Waals surface area (Å²) in [5, 5.41) is 12.4. The van der Waals surface area contributed by atoms with Crippen molar-refractivity contribution in [2.24, 2.45) is 0 Å². The molecule has 0 aliphatic rings. The highest BCUT2D eigenvalue weighted by Gasteiger charge is 2.34. The van der Waals surface area contributed by atoms with Crippen LogP contribution in [0.25, 0.3) is 0 Å². The number of aliphatic hydroxyl groups is 1. The highest BCUT2D eigenvalue weighted by atomic mass is 79.9. The zero-order chi connectivity index (χ0) is 16.8. The van der Waals surface area contributed by atoms with Gasteiger partial charge in [0.25, 0.3) is 0 Å². The molecule has 4 N–H and O–H groups in total. The molecule has 0 aliphatic carbocycles. The second kappa shape index (κ2) is 8.71. The van der Waals surface area contributed by atoms with Crippen molar-refractivity contribution >= 4 is 21.6 Å². The number of nitrogen functional groups attached to an aromatic ring is 1. The largest absolute Gasteiger partial charge is 0.418 e. The number of nitrogens with two attached hydrogens (primary N) is 1. The van der Waals surface area contributed by atoms with Crippen molar-refractivity contribution in [2.45, 2.75) is 25.6 Å². The van der Waals surface area contributed by atoms with Crippen molar-refractivity contribution in [1.29, 1.82) is 0 Å². The van der Waals surface area contributed by atoms with Gasteiger partial charge in [-0.15, -0.1) is 0 Å². The molecule has 1 atom stereocenters. The Bertz CT molecular complexity index is 484. The van der Waals surface area contributed by atoms with Gasteiger partial charge in [-0.3, -0.25) is 0 Å². The Labute approximate surface area is 136 Å². The summed E-state index contributed by atoms with van der Waals surface area (Å²) in [6, 6.07) is 1.86. The second-order valence-corrected chi connectivity index (χ2v) is 5.56. The van der Waals surface area contributed by atoms with Crippen LogP contribution >= 0.6 is 15.9 Å². The summed E-state index contributed by atoms with van der Waals surface area (Å²) in [6.45, 7) is 3.26. The maximum Gasteiger partial charge on any atom is 0.418 e. The van der Waals surface area contributed by atoms with E-state index in [-0.39, 0.29) is 16.8 Å². The number of hydrogen-bond acceptors (Lipinski definition) is 4. The van der Waals surface area contributed by atoms with Gasteiger partial charge in [0.2, 0.25) is 0 Å². The topological polar surface area (TPSA) is 67.5 Å². The summed E-state index contributed by atoms with van der Waals surface area (Å²) in [5.74, 6) is 0. The number of ether oxygens (including phenoxy) is 1. The third-order valence-corrected chi connectivity index (χ3v) is 3.76. The van der Waals surface area contributed by atoms with Crippen molar-refractivity contribution in [3.05, 3.63) is 27.7 Å². The monoisotopic (exact) mass is 384 g/mol. The van der Waals surface area contributed by atoms with Crippen LogP contribution < -0.4 is 11.1 Å². The Morgan fingerprint density at radius 3 is 2.64 bits per heavy atom. The summed E-state index contributed by atoms with van der Waals surface area (Å²) in [5.41, 5.74) is 4.53. The van der Waals surface area contributed by atoms with E-state index in [9.17, 15) is 18.3 Å². The van der Waals surface area contributed by atoms with Gasteiger partial charge in [0.1, 0.15) is 0 Å². The first-order chi connectivity index (χ1) is 10.3. The van der Waals surface area contributed by atoms with Gasteiger partial charge < -0.3 is 20.9 Å². The lowest BCUT2D eigenvalue weighted by Crippen LogP contribution is -2.26. The lowest BCUT2D eigenvalue weighted by molar-refractivity contribution is -0.137. The molecule has 0 aromatic heterocycles. The van der Waals surface area contributed by atoms with Crippen molar-refractivity contribution in [2.75, 3.05) is 32.1 Å². The van der Waals surface area contributed by atoms with E-state index < -0.39 is 17.8 Å². The van der Waals surface area contributed by atoms with Crippen molar-refractivity contribution in [3.8, 4) is 0 Å². The summed E-state index contributed by atoms with van der Waals surface area (Å²) in [6.07, 6.45) is -3.84. The number of aliphatic hydroxyl groups excluding tert-OH is 1. The van der Waals surface area contributed by atoms with E-state index in [0.717, 1.165) is 6.07 Å². The number of benzene rings is 1. The van der Waals surface area contributed by atoms with Crippen LogP contribution in [-0.2, 0) is 10.9 Å². The standard InChI is InChI=1S/C14H20BrF3N2O2/c1-2-22-5-3-4-20-12(8-21)9-6-10(14(16,17)18)13(19)11(15)7-9/h6-7,12,20-21H,2-5,8,19H2,1H3. The quantitative estimate of drug-likeness (QED) is 0.475. The van der Waals surface area contributed by atoms with Gasteiger partial charge in [-0.05, 0) is 53.5 Å². The van der Waals surface area contributed by atoms with Crippen LogP contribution in [0.4, 0.5) is 18.9 Å². The van der Waals surface area contributed by atoms with Gasteiger partial charge in [0.15, 0.2) is 0 Å². The molecule has 22 heavy (non-hydrogen) atoms. The minimum absolute atomic E-state index is 0.159. The minimum Gasteiger partial charge on any atom is -0.397 e. The third kappa shape index (κ3) is 5.42. The molecule has 126 valence electrons. The SMILES string of the molecule is CCOCCCNC(CO)c1cc(Br)c(N)c(C(F)(F)F)c1. The smallest absolute Gasteiger partial charge is 0.397 e. The molecule has 1 aromatic carbocycles. The molecule has 0 saturated heterocycles. The molecule has 0 radical (unpaired) electrons. The van der Waals surface area contributed by atoms with Crippen LogP contribution in [0.15, 0.2) is 16.6 Å². The predicted octanol–water partition coefficient (Wildman–Crippen LogP) is 3.10. The van der Waals surface area contributed by atoms with E-state index >= 15 is 0 Å². The fraction of sp³-hybridized carbons (Fsp3) is 0.571. The van der Waals surface area contributed by atoms with Gasteiger partial charge in [0.05, 0.1) is 23.9 Å². The average molecular weight is 385 g/mol. The number of hydrogen-bond donors (Lipinski definition) is 3. The van der Waals surface area contributed by atoms with E-state index in [1.165, 1.54) is 6.07 Å². The van der Waals surface area contributed by atoms with Gasteiger partial charge >= 0.3 is 6.18 Å². The summed E-state index contributed by atoms with van der Waals surface area (Å²) >= 11 is 3.03. The Morgan fingerprint density at radius 1 is 1.41 bits per heavy atom. The number of alkyl halides is 3. The van der Waals surface area contributed by atoms with Crippen LogP contribution in [0.1, 0.15) is 30.5 Å². The van der Waals surface area contributed by atoms with Gasteiger partial charge in [-0.2, -0.15) is 13.2 Å². The number of rotatable bonds is 8. The molecule has 0 amide bonds. The molecule has 0 spiro atoms. The molecule has 0 bridgehead atoms. The van der Waals surface area contributed by atoms with Crippen LogP contribution in [-0.4, -0.2) is 31.5 Å². The second-order valence-electron chi connectivity index (χ2n) is 4.70. The normalized spacial score (nSPS) is 13.4. The van der Waals surface area contributed by atoms with Crippen LogP contribution in [0.5, 0.6) is 0 Å². The Kier molecular flexibility index (Phi) is 7.61. The van der Waals surface area contributed by atoms with E-state index in [2.05, 4.69) is 21.2 Å². The average Bonchev–Trinajstić information content (AvgIpc) is 2.44. The van der Waals surface area contributed by atoms with Crippen LogP contribution in [0, 0.1) is 0 Å². The number of halogens is 4. The van der Waals surface area contributed by atoms with Crippen LogP contribution in [0.2, 0.25) is 0 Å². The van der Waals surface area contributed by atoms with E-state index in [1.807, 2.05) is 6.92 Å². The predicted molar refractivity (Wildman–Crippen MR) is 82.5 cm³/mol. The van der Waals surface area contributed by atoms with E-state index in [1.54, 1.807) is 0 Å². The molecule has 8 heteroatoms. The van der Waals surface area contributed by atoms with Crippen molar-refractivity contribution < 1.29 is 23.0 Å². The highest BCUT2D eigenvalue weighted by Crippen LogP contribution is 2.38. The first kappa shape index (κ1) is 19.2. The van der Waals surface area contributed by atoms with Gasteiger partial charge in [0, 0.05) is 17.7 Å². The van der Waals surface area contributed by atoms with Crippen molar-refractivity contribution in [3.63, 3.8) is 0 Å². The van der Waals surface area contributed by atoms with Gasteiger partial charge in [-0.25, -0.2) is 0 Å². The maximum atomic E-state index is 13.0. The lowest BCUT2D eigenvalue weighted by atomic mass is 10.0. The minimum atomic E-state index is -4.54. The Morgan fingerprint density at radius 2 is 2.09 bits per heavy atom. The summed E-state index contributed by atoms with van der Waals surface area (Å²) in [4.78, 5) is 0. The molecule has 1 aromatic rings. The Hall–Kier alpha value is -0.830. The zero-order valence-corrected chi connectivity index (χ0v) is 13.8. The Balaban J connectivity index is 2.86. The molecule has 1 rings (SSSR count). The maximum absolute atomic E-state index is 13.0. The number of nitrogens with one attached hydrogen (secondary N) is 1. The third-order valence-electron chi connectivity index (χ3n) is 3.10. The molecular formula is C14H20BrF3N2O2. The first-order valence-corrected chi connectivity index (χ1v) is 7.68. The molecule has 0 saturated carbocycles. The molecule has 0 fully saturated rings. The lowest BCUT2D eigenvalue weighted by Gasteiger charge is -2.20. The molecular weight excluding hydrogens is 365 g/mol. The first-order valence-electron chi connectivity index (χ1n) is 6.89.